The summed E-state index contributed by atoms with van der Waals surface area (Å²) in [5.41, 5.74) is 9.87. The van der Waals surface area contributed by atoms with Crippen LogP contribution in [0.1, 0.15) is 51.0 Å². The number of hydrogen-bond acceptors (Lipinski definition) is 4. The lowest BCUT2D eigenvalue weighted by molar-refractivity contribution is -0.210. The molecule has 0 aliphatic rings. The highest BCUT2D eigenvalue weighted by atomic mass is 32.2. The number of aryl methyl sites for hydroxylation is 1. The Labute approximate surface area is 202 Å². The van der Waals surface area contributed by atoms with Gasteiger partial charge in [0.25, 0.3) is 0 Å². The van der Waals surface area contributed by atoms with Gasteiger partial charge < -0.3 is 9.47 Å². The van der Waals surface area contributed by atoms with Crippen molar-refractivity contribution in [2.75, 3.05) is 13.7 Å². The third-order valence-electron chi connectivity index (χ3n) is 5.61. The molecular formula is C28H35N2O2S+. The van der Waals surface area contributed by atoms with E-state index in [1.54, 1.807) is 18.9 Å². The molecule has 4 nitrogen and oxygen atoms in total. The lowest BCUT2D eigenvalue weighted by Crippen LogP contribution is -2.22. The second-order valence-electron chi connectivity index (χ2n) is 8.21. The topological polar surface area (TPSA) is 56.4 Å². The Morgan fingerprint density at radius 3 is 2.24 bits per heavy atom. The molecule has 0 spiro atoms. The van der Waals surface area contributed by atoms with E-state index in [4.69, 9.17) is 15.0 Å². The SMILES string of the molecule is CCCCCCCCOc1cc(-c2ccc(OC)cc2)c(Sc2ccc(C)cc2)cc1N=[NH2+]. The smallest absolute Gasteiger partial charge is 0.172 e. The Bertz CT molecular complexity index is 1020. The molecule has 3 aromatic carbocycles. The van der Waals surface area contributed by atoms with Gasteiger partial charge in [-0.3, -0.25) is 0 Å². The van der Waals surface area contributed by atoms with Crippen LogP contribution < -0.4 is 15.0 Å². The molecule has 5 heteroatoms. The summed E-state index contributed by atoms with van der Waals surface area (Å²) in [5, 5.41) is 4.03. The molecule has 0 fully saturated rings. The fourth-order valence-electron chi connectivity index (χ4n) is 3.64. The standard InChI is InChI=1S/C28H34N2O2S/c1-4-5-6-7-8-9-18-32-27-19-25(22-12-14-23(31-3)15-13-22)28(20-26(27)30-29)33-24-16-10-21(2)11-17-24/h10-17,19-20,29H,4-9,18H2,1-3H3/p+1. The lowest BCUT2D eigenvalue weighted by Gasteiger charge is -2.15. The van der Waals surface area contributed by atoms with Gasteiger partial charge in [-0.25, -0.2) is 0 Å². The average Bonchev–Trinajstić information content (AvgIpc) is 2.85. The number of benzene rings is 3. The van der Waals surface area contributed by atoms with Gasteiger partial charge in [-0.15, -0.1) is 0 Å². The quantitative estimate of drug-likeness (QED) is 0.212. The molecule has 0 unspecified atom stereocenters. The molecule has 3 rings (SSSR count). The molecule has 33 heavy (non-hydrogen) atoms. The van der Waals surface area contributed by atoms with Crippen molar-refractivity contribution < 1.29 is 15.0 Å². The van der Waals surface area contributed by atoms with E-state index in [9.17, 15) is 0 Å². The molecule has 0 radical (unpaired) electrons. The van der Waals surface area contributed by atoms with Crippen LogP contribution in [-0.2, 0) is 0 Å². The van der Waals surface area contributed by atoms with Gasteiger partial charge in [0.2, 0.25) is 0 Å². The van der Waals surface area contributed by atoms with Crippen LogP contribution in [0.15, 0.2) is 75.6 Å². The highest BCUT2D eigenvalue weighted by molar-refractivity contribution is 7.99. The third-order valence-corrected chi connectivity index (χ3v) is 6.67. The lowest BCUT2D eigenvalue weighted by atomic mass is 10.0. The average molecular weight is 464 g/mol. The van der Waals surface area contributed by atoms with Gasteiger partial charge in [-0.1, -0.05) is 80.6 Å². The summed E-state index contributed by atoms with van der Waals surface area (Å²) < 4.78 is 11.5. The molecule has 3 aromatic rings. The number of nitrogens with zero attached hydrogens (tertiary/aromatic N) is 1. The predicted molar refractivity (Wildman–Crippen MR) is 137 cm³/mol. The first-order valence-electron chi connectivity index (χ1n) is 11.7. The minimum absolute atomic E-state index is 0.668. The van der Waals surface area contributed by atoms with Crippen LogP contribution in [-0.4, -0.2) is 13.7 Å². The van der Waals surface area contributed by atoms with Gasteiger partial charge in [0.1, 0.15) is 5.75 Å². The zero-order valence-electron chi connectivity index (χ0n) is 20.0. The van der Waals surface area contributed by atoms with Gasteiger partial charge in [0.05, 0.1) is 13.7 Å². The van der Waals surface area contributed by atoms with E-state index in [-0.39, 0.29) is 0 Å². The Balaban J connectivity index is 1.85. The fraction of sp³-hybridized carbons (Fsp3) is 0.357. The van der Waals surface area contributed by atoms with Crippen LogP contribution in [0.5, 0.6) is 11.5 Å². The summed E-state index contributed by atoms with van der Waals surface area (Å²) in [6.45, 7) is 5.00. The van der Waals surface area contributed by atoms with Gasteiger partial charge in [-0.05, 0) is 66.0 Å². The summed E-state index contributed by atoms with van der Waals surface area (Å²) >= 11 is 1.70. The zero-order chi connectivity index (χ0) is 23.5. The predicted octanol–water partition coefficient (Wildman–Crippen LogP) is 7.40. The molecule has 0 aliphatic heterocycles. The van der Waals surface area contributed by atoms with Gasteiger partial charge >= 0.3 is 0 Å². The first-order valence-corrected chi connectivity index (χ1v) is 12.6. The molecule has 0 amide bonds. The first-order chi connectivity index (χ1) is 16.1. The van der Waals surface area contributed by atoms with Crippen molar-refractivity contribution >= 4 is 17.4 Å². The van der Waals surface area contributed by atoms with Crippen molar-refractivity contribution in [3.63, 3.8) is 0 Å². The minimum atomic E-state index is 0.668. The maximum atomic E-state index is 6.15. The van der Waals surface area contributed by atoms with Crippen LogP contribution in [0.25, 0.3) is 11.1 Å². The Morgan fingerprint density at radius 1 is 0.879 bits per heavy atom. The molecular weight excluding hydrogens is 428 g/mol. The number of rotatable bonds is 13. The van der Waals surface area contributed by atoms with Crippen LogP contribution >= 0.6 is 11.8 Å². The maximum absolute atomic E-state index is 6.15. The summed E-state index contributed by atoms with van der Waals surface area (Å²) in [6, 6.07) is 20.7. The summed E-state index contributed by atoms with van der Waals surface area (Å²) in [6.07, 6.45) is 7.34. The highest BCUT2D eigenvalue weighted by Gasteiger charge is 2.15. The summed E-state index contributed by atoms with van der Waals surface area (Å²) in [5.74, 6) is 1.56. The van der Waals surface area contributed by atoms with E-state index in [2.05, 4.69) is 61.4 Å². The number of nitrogens with two attached hydrogens (primary N) is 1. The number of hydrogen-bond donors (Lipinski definition) is 1. The molecule has 0 aliphatic carbocycles. The Hall–Kier alpha value is -2.79. The number of methoxy groups -OCH3 is 1. The van der Waals surface area contributed by atoms with E-state index >= 15 is 0 Å². The van der Waals surface area contributed by atoms with Crippen LogP contribution in [0.3, 0.4) is 0 Å². The van der Waals surface area contributed by atoms with Crippen molar-refractivity contribution in [1.82, 2.24) is 0 Å². The van der Waals surface area contributed by atoms with Crippen LogP contribution in [0, 0.1) is 6.92 Å². The fourth-order valence-corrected chi connectivity index (χ4v) is 4.63. The second-order valence-corrected chi connectivity index (χ2v) is 9.32. The molecule has 2 N–H and O–H groups in total. The van der Waals surface area contributed by atoms with E-state index < -0.39 is 0 Å². The third kappa shape index (κ3) is 7.36. The Morgan fingerprint density at radius 2 is 1.58 bits per heavy atom. The van der Waals surface area contributed by atoms with Crippen molar-refractivity contribution in [2.24, 2.45) is 5.11 Å². The van der Waals surface area contributed by atoms with Crippen LogP contribution in [0.2, 0.25) is 0 Å². The minimum Gasteiger partial charge on any atom is -0.497 e. The van der Waals surface area contributed by atoms with E-state index in [1.807, 2.05) is 18.2 Å². The number of unbranched alkanes of at least 4 members (excludes halogenated alkanes) is 5. The first kappa shape index (κ1) is 24.8. The molecule has 0 heterocycles. The van der Waals surface area contributed by atoms with Crippen LogP contribution in [0.4, 0.5) is 5.69 Å². The van der Waals surface area contributed by atoms with Gasteiger partial charge in [-0.2, -0.15) is 5.53 Å². The van der Waals surface area contributed by atoms with Crippen molar-refractivity contribution in [3.05, 3.63) is 66.2 Å². The molecule has 0 saturated heterocycles. The maximum Gasteiger partial charge on any atom is 0.172 e. The van der Waals surface area contributed by atoms with Gasteiger partial charge in [0.15, 0.2) is 11.4 Å². The van der Waals surface area contributed by atoms with E-state index in [0.29, 0.717) is 12.3 Å². The number of ether oxygens (including phenoxy) is 2. The molecule has 0 atom stereocenters. The second kappa shape index (κ2) is 13.0. The highest BCUT2D eigenvalue weighted by Crippen LogP contribution is 2.43. The zero-order valence-corrected chi connectivity index (χ0v) is 20.8. The Kier molecular flexibility index (Phi) is 9.82. The van der Waals surface area contributed by atoms with E-state index in [1.165, 1.54) is 42.6 Å². The molecule has 0 bridgehead atoms. The monoisotopic (exact) mass is 463 g/mol. The summed E-state index contributed by atoms with van der Waals surface area (Å²) in [4.78, 5) is 2.25. The molecule has 0 aromatic heterocycles. The van der Waals surface area contributed by atoms with Crippen molar-refractivity contribution in [2.45, 2.75) is 62.2 Å². The van der Waals surface area contributed by atoms with Crippen molar-refractivity contribution in [1.29, 1.82) is 0 Å². The van der Waals surface area contributed by atoms with E-state index in [0.717, 1.165) is 33.9 Å². The largest absolute Gasteiger partial charge is 0.497 e. The normalized spacial score (nSPS) is 10.8. The molecule has 174 valence electrons. The van der Waals surface area contributed by atoms with Gasteiger partial charge in [0, 0.05) is 9.79 Å². The van der Waals surface area contributed by atoms with Crippen molar-refractivity contribution in [3.8, 4) is 22.6 Å². The summed E-state index contributed by atoms with van der Waals surface area (Å²) in [7, 11) is 1.68. The molecule has 0 saturated carbocycles.